The SMILES string of the molecule is Cc1c(CN(C)S(=O)(=O)c2ccc(N3CCCC3=O)cc2)cnn1C. The number of nitrogens with zero attached hydrogens (tertiary/aromatic N) is 4. The molecule has 0 radical (unpaired) electrons. The van der Waals surface area contributed by atoms with E-state index < -0.39 is 10.0 Å². The van der Waals surface area contributed by atoms with Gasteiger partial charge in [0.05, 0.1) is 11.1 Å². The molecule has 0 atom stereocenters. The molecule has 0 aliphatic carbocycles. The third-order valence-electron chi connectivity index (χ3n) is 4.66. The van der Waals surface area contributed by atoms with Crippen LogP contribution < -0.4 is 4.90 Å². The van der Waals surface area contributed by atoms with Crippen LogP contribution in [0.2, 0.25) is 0 Å². The van der Waals surface area contributed by atoms with Gasteiger partial charge >= 0.3 is 0 Å². The van der Waals surface area contributed by atoms with Gasteiger partial charge in [0.2, 0.25) is 15.9 Å². The first kappa shape index (κ1) is 17.6. The number of sulfonamides is 1. The van der Waals surface area contributed by atoms with Gasteiger partial charge in [0.1, 0.15) is 0 Å². The molecule has 0 N–H and O–H groups in total. The summed E-state index contributed by atoms with van der Waals surface area (Å²) in [5, 5.41) is 4.14. The van der Waals surface area contributed by atoms with Crippen LogP contribution in [-0.4, -0.2) is 42.0 Å². The molecule has 7 nitrogen and oxygen atoms in total. The van der Waals surface area contributed by atoms with E-state index in [0.717, 1.165) is 23.4 Å². The summed E-state index contributed by atoms with van der Waals surface area (Å²) in [5.74, 6) is 0.0831. The minimum atomic E-state index is -3.61. The summed E-state index contributed by atoms with van der Waals surface area (Å²) in [6.45, 7) is 2.85. The molecule has 2 aromatic rings. The molecular formula is C17H22N4O3S. The average Bonchev–Trinajstić information content (AvgIpc) is 3.15. The number of carbonyl (C=O) groups excluding carboxylic acids is 1. The Morgan fingerprint density at radius 3 is 2.44 bits per heavy atom. The van der Waals surface area contributed by atoms with Crippen molar-refractivity contribution in [1.82, 2.24) is 14.1 Å². The number of hydrogen-bond donors (Lipinski definition) is 0. The molecule has 1 aliphatic heterocycles. The van der Waals surface area contributed by atoms with Crippen molar-refractivity contribution >= 4 is 21.6 Å². The van der Waals surface area contributed by atoms with Gasteiger partial charge in [-0.2, -0.15) is 9.40 Å². The normalized spacial score (nSPS) is 15.4. The monoisotopic (exact) mass is 362 g/mol. The fourth-order valence-corrected chi connectivity index (χ4v) is 4.07. The lowest BCUT2D eigenvalue weighted by Gasteiger charge is -2.19. The van der Waals surface area contributed by atoms with Crippen molar-refractivity contribution < 1.29 is 13.2 Å². The summed E-state index contributed by atoms with van der Waals surface area (Å²) in [7, 11) is -0.225. The molecule has 2 heterocycles. The highest BCUT2D eigenvalue weighted by molar-refractivity contribution is 7.89. The highest BCUT2D eigenvalue weighted by Crippen LogP contribution is 2.24. The Labute approximate surface area is 147 Å². The van der Waals surface area contributed by atoms with Gasteiger partial charge < -0.3 is 4.90 Å². The Balaban J connectivity index is 1.79. The van der Waals surface area contributed by atoms with Crippen LogP contribution in [0.1, 0.15) is 24.1 Å². The predicted molar refractivity (Wildman–Crippen MR) is 94.6 cm³/mol. The molecule has 1 aliphatic rings. The molecule has 0 spiro atoms. The van der Waals surface area contributed by atoms with Crippen molar-refractivity contribution in [2.75, 3.05) is 18.5 Å². The minimum absolute atomic E-state index is 0.0831. The van der Waals surface area contributed by atoms with Crippen LogP contribution in [0.3, 0.4) is 0 Å². The smallest absolute Gasteiger partial charge is 0.243 e. The maximum Gasteiger partial charge on any atom is 0.243 e. The van der Waals surface area contributed by atoms with Gasteiger partial charge in [-0.3, -0.25) is 9.48 Å². The first-order valence-corrected chi connectivity index (χ1v) is 9.59. The Kier molecular flexibility index (Phi) is 4.66. The van der Waals surface area contributed by atoms with Crippen LogP contribution in [0.15, 0.2) is 35.4 Å². The lowest BCUT2D eigenvalue weighted by atomic mass is 10.3. The van der Waals surface area contributed by atoms with Crippen LogP contribution in [0.5, 0.6) is 0 Å². The zero-order valence-corrected chi connectivity index (χ0v) is 15.5. The number of anilines is 1. The molecule has 0 unspecified atom stereocenters. The van der Waals surface area contributed by atoms with Gasteiger partial charge in [0.25, 0.3) is 0 Å². The molecule has 3 rings (SSSR count). The van der Waals surface area contributed by atoms with E-state index in [1.54, 1.807) is 47.1 Å². The van der Waals surface area contributed by atoms with Crippen molar-refractivity contribution in [3.63, 3.8) is 0 Å². The van der Waals surface area contributed by atoms with E-state index in [1.165, 1.54) is 4.31 Å². The number of amides is 1. The molecule has 134 valence electrons. The van der Waals surface area contributed by atoms with E-state index in [2.05, 4.69) is 5.10 Å². The number of aryl methyl sites for hydroxylation is 1. The molecule has 25 heavy (non-hydrogen) atoms. The largest absolute Gasteiger partial charge is 0.312 e. The van der Waals surface area contributed by atoms with Crippen molar-refractivity contribution in [3.8, 4) is 0 Å². The number of rotatable bonds is 5. The summed E-state index contributed by atoms with van der Waals surface area (Å²) >= 11 is 0. The third kappa shape index (κ3) is 3.32. The minimum Gasteiger partial charge on any atom is -0.312 e. The van der Waals surface area contributed by atoms with E-state index in [1.807, 2.05) is 14.0 Å². The first-order chi connectivity index (χ1) is 11.8. The van der Waals surface area contributed by atoms with E-state index in [4.69, 9.17) is 0 Å². The number of carbonyl (C=O) groups is 1. The molecule has 1 saturated heterocycles. The molecule has 1 fully saturated rings. The van der Waals surface area contributed by atoms with Crippen LogP contribution in [0.25, 0.3) is 0 Å². The fourth-order valence-electron chi connectivity index (χ4n) is 2.92. The highest BCUT2D eigenvalue weighted by Gasteiger charge is 2.24. The Morgan fingerprint density at radius 1 is 1.24 bits per heavy atom. The molecule has 1 aromatic heterocycles. The number of aromatic nitrogens is 2. The highest BCUT2D eigenvalue weighted by atomic mass is 32.2. The average molecular weight is 362 g/mol. The van der Waals surface area contributed by atoms with Crippen LogP contribution in [0, 0.1) is 6.92 Å². The van der Waals surface area contributed by atoms with Crippen molar-refractivity contribution in [1.29, 1.82) is 0 Å². The van der Waals surface area contributed by atoms with Gasteiger partial charge in [-0.1, -0.05) is 0 Å². The van der Waals surface area contributed by atoms with Crippen molar-refractivity contribution in [2.45, 2.75) is 31.2 Å². The summed E-state index contributed by atoms with van der Waals surface area (Å²) in [6.07, 6.45) is 3.07. The van der Waals surface area contributed by atoms with Crippen LogP contribution in [0.4, 0.5) is 5.69 Å². The van der Waals surface area contributed by atoms with Gasteiger partial charge in [-0.15, -0.1) is 0 Å². The zero-order valence-electron chi connectivity index (χ0n) is 14.6. The van der Waals surface area contributed by atoms with Gasteiger partial charge in [0.15, 0.2) is 0 Å². The lowest BCUT2D eigenvalue weighted by molar-refractivity contribution is -0.117. The predicted octanol–water partition coefficient (Wildman–Crippen LogP) is 1.68. The van der Waals surface area contributed by atoms with Gasteiger partial charge in [0, 0.05) is 50.6 Å². The molecule has 0 saturated carbocycles. The maximum atomic E-state index is 12.8. The Bertz CT molecular complexity index is 887. The zero-order chi connectivity index (χ0) is 18.2. The second-order valence-corrected chi connectivity index (χ2v) is 8.33. The van der Waals surface area contributed by atoms with Crippen LogP contribution in [-0.2, 0) is 28.4 Å². The third-order valence-corrected chi connectivity index (χ3v) is 6.48. The number of hydrogen-bond acceptors (Lipinski definition) is 4. The standard InChI is InChI=1S/C17H22N4O3S/c1-13-14(11-18-20(13)3)12-19(2)25(23,24)16-8-6-15(7-9-16)21-10-4-5-17(21)22/h6-9,11H,4-5,10,12H2,1-3H3. The van der Waals surface area contributed by atoms with Crippen molar-refractivity contribution in [2.24, 2.45) is 7.05 Å². The lowest BCUT2D eigenvalue weighted by Crippen LogP contribution is -2.27. The maximum absolute atomic E-state index is 12.8. The topological polar surface area (TPSA) is 75.5 Å². The summed E-state index contributed by atoms with van der Waals surface area (Å²) in [5.41, 5.74) is 2.55. The molecular weight excluding hydrogens is 340 g/mol. The molecule has 1 amide bonds. The Hall–Kier alpha value is -2.19. The van der Waals surface area contributed by atoms with E-state index in [9.17, 15) is 13.2 Å². The van der Waals surface area contributed by atoms with Crippen LogP contribution >= 0.6 is 0 Å². The summed E-state index contributed by atoms with van der Waals surface area (Å²) in [4.78, 5) is 13.7. The van der Waals surface area contributed by atoms with E-state index in [0.29, 0.717) is 13.0 Å². The summed E-state index contributed by atoms with van der Waals surface area (Å²) < 4.78 is 28.6. The fraction of sp³-hybridized carbons (Fsp3) is 0.412. The second-order valence-electron chi connectivity index (χ2n) is 6.28. The molecule has 8 heteroatoms. The van der Waals surface area contributed by atoms with E-state index >= 15 is 0 Å². The number of benzene rings is 1. The molecule has 0 bridgehead atoms. The van der Waals surface area contributed by atoms with Gasteiger partial charge in [-0.25, -0.2) is 8.42 Å². The second kappa shape index (κ2) is 6.61. The summed E-state index contributed by atoms with van der Waals surface area (Å²) in [6, 6.07) is 6.50. The van der Waals surface area contributed by atoms with Crippen molar-refractivity contribution in [3.05, 3.63) is 41.7 Å². The molecule has 1 aromatic carbocycles. The quantitative estimate of drug-likeness (QED) is 0.811. The van der Waals surface area contributed by atoms with E-state index in [-0.39, 0.29) is 17.3 Å². The first-order valence-electron chi connectivity index (χ1n) is 8.15. The Morgan fingerprint density at radius 2 is 1.92 bits per heavy atom. The van der Waals surface area contributed by atoms with Gasteiger partial charge in [-0.05, 0) is 37.6 Å².